The van der Waals surface area contributed by atoms with Crippen molar-refractivity contribution in [3.05, 3.63) is 17.5 Å². The van der Waals surface area contributed by atoms with Crippen LogP contribution in [0.2, 0.25) is 0 Å². The van der Waals surface area contributed by atoms with Crippen LogP contribution in [0.3, 0.4) is 0 Å². The summed E-state index contributed by atoms with van der Waals surface area (Å²) in [6.07, 6.45) is 3.04. The molecule has 0 spiro atoms. The first kappa shape index (κ1) is 13.6. The summed E-state index contributed by atoms with van der Waals surface area (Å²) in [7, 11) is 3.55. The fourth-order valence-corrected chi connectivity index (χ4v) is 2.43. The van der Waals surface area contributed by atoms with Crippen molar-refractivity contribution in [3.63, 3.8) is 0 Å². The van der Waals surface area contributed by atoms with Gasteiger partial charge in [0.15, 0.2) is 0 Å². The zero-order valence-electron chi connectivity index (χ0n) is 11.6. The lowest BCUT2D eigenvalue weighted by molar-refractivity contribution is -0.134. The molecule has 2 amide bonds. The Morgan fingerprint density at radius 1 is 1.37 bits per heavy atom. The lowest BCUT2D eigenvalue weighted by Crippen LogP contribution is -2.42. The van der Waals surface area contributed by atoms with Gasteiger partial charge in [0.1, 0.15) is 0 Å². The van der Waals surface area contributed by atoms with Crippen molar-refractivity contribution in [3.8, 4) is 0 Å². The zero-order chi connectivity index (χ0) is 14.0. The lowest BCUT2D eigenvalue weighted by Gasteiger charge is -2.32. The normalized spacial score (nSPS) is 16.5. The van der Waals surface area contributed by atoms with Crippen molar-refractivity contribution >= 4 is 11.8 Å². The quantitative estimate of drug-likeness (QED) is 0.853. The highest BCUT2D eigenvalue weighted by molar-refractivity contribution is 5.95. The number of nitrogens with one attached hydrogen (secondary N) is 1. The van der Waals surface area contributed by atoms with Gasteiger partial charge in [-0.2, -0.15) is 5.10 Å². The Kier molecular flexibility index (Phi) is 3.87. The number of likely N-dealkylation sites (tertiary alicyclic amines) is 1. The largest absolute Gasteiger partial charge is 0.349 e. The number of amides is 2. The summed E-state index contributed by atoms with van der Waals surface area (Å²) in [4.78, 5) is 27.6. The van der Waals surface area contributed by atoms with Crippen molar-refractivity contribution in [1.82, 2.24) is 20.0 Å². The fraction of sp³-hybridized carbons (Fsp3) is 0.615. The van der Waals surface area contributed by atoms with Crippen molar-refractivity contribution in [1.29, 1.82) is 0 Å². The molecule has 0 bridgehead atoms. The van der Waals surface area contributed by atoms with Crippen molar-refractivity contribution < 1.29 is 9.59 Å². The minimum atomic E-state index is 0.00185. The highest BCUT2D eigenvalue weighted by Gasteiger charge is 2.29. The van der Waals surface area contributed by atoms with E-state index in [0.717, 1.165) is 18.5 Å². The molecule has 0 radical (unpaired) electrons. The zero-order valence-corrected chi connectivity index (χ0v) is 11.6. The molecule has 1 fully saturated rings. The van der Waals surface area contributed by atoms with E-state index in [-0.39, 0.29) is 17.7 Å². The van der Waals surface area contributed by atoms with Gasteiger partial charge in [-0.15, -0.1) is 0 Å². The molecule has 0 saturated carbocycles. The Bertz CT molecular complexity index is 473. The lowest BCUT2D eigenvalue weighted by atomic mass is 9.95. The molecule has 1 N–H and O–H groups in total. The molecule has 104 valence electrons. The van der Waals surface area contributed by atoms with E-state index in [1.165, 1.54) is 0 Å². The third kappa shape index (κ3) is 2.77. The molecule has 0 unspecified atom stereocenters. The first-order chi connectivity index (χ1) is 9.00. The number of hydrogen-bond acceptors (Lipinski definition) is 3. The fourth-order valence-electron chi connectivity index (χ4n) is 2.43. The second-order valence-electron chi connectivity index (χ2n) is 5.21. The number of carbonyl (C=O) groups is 2. The van der Waals surface area contributed by atoms with E-state index in [4.69, 9.17) is 0 Å². The van der Waals surface area contributed by atoms with Crippen LogP contribution in [0.5, 0.6) is 0 Å². The third-order valence-corrected chi connectivity index (χ3v) is 3.63. The SMILES string of the molecule is Cc1[nH]ncc1C(=O)N1CCC(C(=O)N(C)C)CC1. The van der Waals surface area contributed by atoms with Crippen LogP contribution in [0.15, 0.2) is 6.20 Å². The summed E-state index contributed by atoms with van der Waals surface area (Å²) in [6.45, 7) is 3.10. The molecule has 0 aromatic carbocycles. The smallest absolute Gasteiger partial charge is 0.257 e. The highest BCUT2D eigenvalue weighted by Crippen LogP contribution is 2.20. The molecule has 1 aliphatic heterocycles. The summed E-state index contributed by atoms with van der Waals surface area (Å²) in [5.74, 6) is 0.207. The Hall–Kier alpha value is -1.85. The van der Waals surface area contributed by atoms with Gasteiger partial charge in [-0.05, 0) is 19.8 Å². The van der Waals surface area contributed by atoms with Crippen LogP contribution in [0.4, 0.5) is 0 Å². The van der Waals surface area contributed by atoms with E-state index in [2.05, 4.69) is 10.2 Å². The van der Waals surface area contributed by atoms with Gasteiger partial charge < -0.3 is 9.80 Å². The van der Waals surface area contributed by atoms with Gasteiger partial charge >= 0.3 is 0 Å². The second-order valence-corrected chi connectivity index (χ2v) is 5.21. The summed E-state index contributed by atoms with van der Waals surface area (Å²) in [5.41, 5.74) is 1.41. The Labute approximate surface area is 112 Å². The van der Waals surface area contributed by atoms with E-state index in [9.17, 15) is 9.59 Å². The second kappa shape index (κ2) is 5.42. The molecule has 1 aromatic rings. The van der Waals surface area contributed by atoms with E-state index in [0.29, 0.717) is 18.7 Å². The number of rotatable bonds is 2. The van der Waals surface area contributed by atoms with Crippen LogP contribution in [-0.2, 0) is 4.79 Å². The standard InChI is InChI=1S/C13H20N4O2/c1-9-11(8-14-15-9)13(19)17-6-4-10(5-7-17)12(18)16(2)3/h8,10H,4-7H2,1-3H3,(H,14,15). The van der Waals surface area contributed by atoms with Crippen LogP contribution in [0.25, 0.3) is 0 Å². The van der Waals surface area contributed by atoms with Crippen LogP contribution in [-0.4, -0.2) is 59.0 Å². The minimum Gasteiger partial charge on any atom is -0.349 e. The van der Waals surface area contributed by atoms with Gasteiger partial charge in [-0.25, -0.2) is 0 Å². The van der Waals surface area contributed by atoms with Gasteiger partial charge in [0, 0.05) is 38.8 Å². The summed E-state index contributed by atoms with van der Waals surface area (Å²) >= 11 is 0. The van der Waals surface area contributed by atoms with Gasteiger partial charge in [0.05, 0.1) is 11.8 Å². The molecule has 6 nitrogen and oxygen atoms in total. The molecule has 2 heterocycles. The predicted octanol–water partition coefficient (Wildman–Crippen LogP) is 0.659. The number of hydrogen-bond donors (Lipinski definition) is 1. The van der Waals surface area contributed by atoms with Crippen LogP contribution < -0.4 is 0 Å². The molecule has 1 aliphatic rings. The molecular weight excluding hydrogens is 244 g/mol. The number of nitrogens with zero attached hydrogens (tertiary/aromatic N) is 3. The van der Waals surface area contributed by atoms with E-state index in [1.54, 1.807) is 30.1 Å². The third-order valence-electron chi connectivity index (χ3n) is 3.63. The highest BCUT2D eigenvalue weighted by atomic mass is 16.2. The van der Waals surface area contributed by atoms with Crippen LogP contribution in [0, 0.1) is 12.8 Å². The Balaban J connectivity index is 1.95. The van der Waals surface area contributed by atoms with E-state index >= 15 is 0 Å². The number of H-pyrrole nitrogens is 1. The first-order valence-corrected chi connectivity index (χ1v) is 6.51. The Morgan fingerprint density at radius 2 is 2.00 bits per heavy atom. The summed E-state index contributed by atoms with van der Waals surface area (Å²) in [6, 6.07) is 0. The maximum Gasteiger partial charge on any atom is 0.257 e. The maximum atomic E-state index is 12.3. The average molecular weight is 264 g/mol. The van der Waals surface area contributed by atoms with Gasteiger partial charge in [-0.1, -0.05) is 0 Å². The van der Waals surface area contributed by atoms with Crippen molar-refractivity contribution in [2.24, 2.45) is 5.92 Å². The molecule has 0 atom stereocenters. The molecule has 1 aromatic heterocycles. The van der Waals surface area contributed by atoms with Crippen LogP contribution >= 0.6 is 0 Å². The molecule has 6 heteroatoms. The molecule has 1 saturated heterocycles. The van der Waals surface area contributed by atoms with Gasteiger partial charge in [-0.3, -0.25) is 14.7 Å². The monoisotopic (exact) mass is 264 g/mol. The number of piperidine rings is 1. The minimum absolute atomic E-state index is 0.00185. The molecule has 0 aliphatic carbocycles. The summed E-state index contributed by atoms with van der Waals surface area (Å²) < 4.78 is 0. The Morgan fingerprint density at radius 3 is 2.47 bits per heavy atom. The summed E-state index contributed by atoms with van der Waals surface area (Å²) in [5, 5.41) is 6.64. The molecule has 2 rings (SSSR count). The average Bonchev–Trinajstić information content (AvgIpc) is 2.83. The predicted molar refractivity (Wildman–Crippen MR) is 70.6 cm³/mol. The van der Waals surface area contributed by atoms with E-state index in [1.807, 2.05) is 6.92 Å². The van der Waals surface area contributed by atoms with Crippen LogP contribution in [0.1, 0.15) is 28.9 Å². The maximum absolute atomic E-state index is 12.3. The van der Waals surface area contributed by atoms with Crippen molar-refractivity contribution in [2.45, 2.75) is 19.8 Å². The van der Waals surface area contributed by atoms with E-state index < -0.39 is 0 Å². The number of carbonyl (C=O) groups excluding carboxylic acids is 2. The van der Waals surface area contributed by atoms with Gasteiger partial charge in [0.2, 0.25) is 5.91 Å². The topological polar surface area (TPSA) is 69.3 Å². The molecular formula is C13H20N4O2. The number of aromatic amines is 1. The number of aromatic nitrogens is 2. The van der Waals surface area contributed by atoms with Crippen molar-refractivity contribution in [2.75, 3.05) is 27.2 Å². The van der Waals surface area contributed by atoms with Gasteiger partial charge in [0.25, 0.3) is 5.91 Å². The first-order valence-electron chi connectivity index (χ1n) is 6.51. The molecule has 19 heavy (non-hydrogen) atoms. The number of aryl methyl sites for hydroxylation is 1.